The van der Waals surface area contributed by atoms with Gasteiger partial charge in [-0.1, -0.05) is 20.8 Å². The summed E-state index contributed by atoms with van der Waals surface area (Å²) in [4.78, 5) is 27.9. The van der Waals surface area contributed by atoms with E-state index in [0.29, 0.717) is 0 Å². The SMILES string of the molecule is [2H]C([2H])([2H])N(CC(=O)OCC(C)(C)C)C(C)=NC(=O)OC(C)(C)C. The Balaban J connectivity index is 5.08. The molecule has 122 valence electrons. The Morgan fingerprint density at radius 2 is 1.76 bits per heavy atom. The molecule has 0 aromatic carbocycles. The van der Waals surface area contributed by atoms with E-state index < -0.39 is 31.2 Å². The molecule has 0 aliphatic carbocycles. The number of carbonyl (C=O) groups is 2. The van der Waals surface area contributed by atoms with Gasteiger partial charge in [-0.2, -0.15) is 4.99 Å². The maximum atomic E-state index is 11.9. The van der Waals surface area contributed by atoms with Crippen molar-refractivity contribution in [2.45, 2.75) is 54.1 Å². The highest BCUT2D eigenvalue weighted by molar-refractivity contribution is 5.91. The largest absolute Gasteiger partial charge is 0.464 e. The molecule has 0 aromatic heterocycles. The molecule has 0 bridgehead atoms. The molecule has 6 heteroatoms. The number of amidine groups is 1. The Labute approximate surface area is 131 Å². The van der Waals surface area contributed by atoms with Crippen molar-refractivity contribution >= 4 is 17.9 Å². The van der Waals surface area contributed by atoms with Crippen molar-refractivity contribution in [3.63, 3.8) is 0 Å². The fraction of sp³-hybridized carbons (Fsp3) is 0.800. The average molecular weight is 303 g/mol. The van der Waals surface area contributed by atoms with Crippen LogP contribution in [0.25, 0.3) is 0 Å². The van der Waals surface area contributed by atoms with Crippen LogP contribution in [0.2, 0.25) is 0 Å². The maximum Gasteiger partial charge on any atom is 0.435 e. The van der Waals surface area contributed by atoms with E-state index in [4.69, 9.17) is 13.6 Å². The fourth-order valence-electron chi connectivity index (χ4n) is 1.06. The van der Waals surface area contributed by atoms with Crippen molar-refractivity contribution in [3.8, 4) is 0 Å². The highest BCUT2D eigenvalue weighted by atomic mass is 16.6. The van der Waals surface area contributed by atoms with Crippen molar-refractivity contribution in [2.24, 2.45) is 10.4 Å². The van der Waals surface area contributed by atoms with Gasteiger partial charge in [0, 0.05) is 11.1 Å². The van der Waals surface area contributed by atoms with Gasteiger partial charge in [0.2, 0.25) is 0 Å². The minimum absolute atomic E-state index is 0.142. The molecule has 0 heterocycles. The summed E-state index contributed by atoms with van der Waals surface area (Å²) in [6.07, 6.45) is -0.919. The van der Waals surface area contributed by atoms with E-state index in [-0.39, 0.29) is 17.9 Å². The predicted molar refractivity (Wildman–Crippen MR) is 82.4 cm³/mol. The van der Waals surface area contributed by atoms with Gasteiger partial charge in [-0.3, -0.25) is 4.79 Å². The van der Waals surface area contributed by atoms with E-state index in [0.717, 1.165) is 4.90 Å². The van der Waals surface area contributed by atoms with Crippen LogP contribution in [0, 0.1) is 5.41 Å². The molecule has 0 radical (unpaired) electrons. The summed E-state index contributed by atoms with van der Waals surface area (Å²) >= 11 is 0. The van der Waals surface area contributed by atoms with E-state index in [1.54, 1.807) is 20.8 Å². The topological polar surface area (TPSA) is 68.2 Å². The van der Waals surface area contributed by atoms with Crippen LogP contribution >= 0.6 is 0 Å². The molecule has 0 aliphatic rings. The van der Waals surface area contributed by atoms with Crippen molar-refractivity contribution in [1.82, 2.24) is 4.90 Å². The Morgan fingerprint density at radius 1 is 1.19 bits per heavy atom. The van der Waals surface area contributed by atoms with Crippen LogP contribution in [0.15, 0.2) is 4.99 Å². The van der Waals surface area contributed by atoms with Crippen molar-refractivity contribution in [1.29, 1.82) is 0 Å². The van der Waals surface area contributed by atoms with Crippen molar-refractivity contribution < 1.29 is 23.2 Å². The van der Waals surface area contributed by atoms with Gasteiger partial charge in [-0.05, 0) is 33.1 Å². The molecule has 0 aliphatic heterocycles. The second kappa shape index (κ2) is 7.43. The molecule has 0 unspecified atom stereocenters. The molecular weight excluding hydrogens is 272 g/mol. The number of likely N-dealkylation sites (N-methyl/N-ethyl adjacent to an activating group) is 1. The number of rotatable bonds is 3. The second-order valence-electron chi connectivity index (χ2n) is 6.95. The Hall–Kier alpha value is -1.59. The maximum absolute atomic E-state index is 11.9. The normalized spacial score (nSPS) is 15.6. The first-order chi connectivity index (χ1) is 10.5. The van der Waals surface area contributed by atoms with Crippen LogP contribution in [-0.2, 0) is 14.3 Å². The molecule has 1 amide bonds. The second-order valence-corrected chi connectivity index (χ2v) is 6.95. The highest BCUT2D eigenvalue weighted by Crippen LogP contribution is 2.13. The molecule has 0 saturated heterocycles. The summed E-state index contributed by atoms with van der Waals surface area (Å²) in [5, 5.41) is 0. The molecule has 0 saturated carbocycles. The van der Waals surface area contributed by atoms with Crippen LogP contribution in [0.1, 0.15) is 52.6 Å². The monoisotopic (exact) mass is 303 g/mol. The smallest absolute Gasteiger partial charge is 0.435 e. The number of ether oxygens (including phenoxy) is 2. The third-order valence-electron chi connectivity index (χ3n) is 1.99. The first-order valence-corrected chi connectivity index (χ1v) is 6.73. The summed E-state index contributed by atoms with van der Waals surface area (Å²) in [5.74, 6) is -0.850. The van der Waals surface area contributed by atoms with Gasteiger partial charge >= 0.3 is 12.1 Å². The number of carbonyl (C=O) groups excluding carboxylic acids is 2. The highest BCUT2D eigenvalue weighted by Gasteiger charge is 2.18. The van der Waals surface area contributed by atoms with Gasteiger partial charge in [-0.25, -0.2) is 4.79 Å². The Kier molecular flexibility index (Phi) is 5.08. The number of esters is 1. The van der Waals surface area contributed by atoms with Crippen molar-refractivity contribution in [2.75, 3.05) is 20.1 Å². The number of hydrogen-bond acceptors (Lipinski definition) is 4. The quantitative estimate of drug-likeness (QED) is 0.455. The fourth-order valence-corrected chi connectivity index (χ4v) is 1.06. The number of amides is 1. The lowest BCUT2D eigenvalue weighted by molar-refractivity contribution is -0.146. The van der Waals surface area contributed by atoms with Gasteiger partial charge in [0.15, 0.2) is 0 Å². The lowest BCUT2D eigenvalue weighted by Gasteiger charge is -2.21. The van der Waals surface area contributed by atoms with Gasteiger partial charge in [0.05, 0.1) is 6.61 Å². The van der Waals surface area contributed by atoms with E-state index in [1.165, 1.54) is 6.92 Å². The van der Waals surface area contributed by atoms with Gasteiger partial charge in [-0.15, -0.1) is 0 Å². The molecule has 0 spiro atoms. The summed E-state index contributed by atoms with van der Waals surface area (Å²) in [5.41, 5.74) is -0.989. The minimum atomic E-state index is -2.64. The molecule has 0 rings (SSSR count). The first-order valence-electron chi connectivity index (χ1n) is 8.23. The predicted octanol–water partition coefficient (Wildman–Crippen LogP) is 2.86. The molecule has 21 heavy (non-hydrogen) atoms. The van der Waals surface area contributed by atoms with Crippen molar-refractivity contribution in [3.05, 3.63) is 0 Å². The summed E-state index contributed by atoms with van der Waals surface area (Å²) < 4.78 is 32.6. The van der Waals surface area contributed by atoms with Crippen LogP contribution in [0.4, 0.5) is 4.79 Å². The van der Waals surface area contributed by atoms with E-state index in [9.17, 15) is 9.59 Å². The van der Waals surface area contributed by atoms with Gasteiger partial charge in [0.25, 0.3) is 0 Å². The van der Waals surface area contributed by atoms with E-state index >= 15 is 0 Å². The molecule has 0 fully saturated rings. The van der Waals surface area contributed by atoms with E-state index in [2.05, 4.69) is 4.99 Å². The van der Waals surface area contributed by atoms with Crippen LogP contribution in [-0.4, -0.2) is 48.5 Å². The number of hydrogen-bond donors (Lipinski definition) is 0. The van der Waals surface area contributed by atoms with E-state index in [1.807, 2.05) is 20.8 Å². The average Bonchev–Trinajstić information content (AvgIpc) is 2.28. The van der Waals surface area contributed by atoms with Crippen LogP contribution in [0.5, 0.6) is 0 Å². The molecule has 0 N–H and O–H groups in total. The summed E-state index contributed by atoms with van der Waals surface area (Å²) in [7, 11) is 0. The number of aliphatic imine (C=N–C) groups is 1. The lowest BCUT2D eigenvalue weighted by atomic mass is 9.99. The van der Waals surface area contributed by atoms with Crippen LogP contribution < -0.4 is 0 Å². The molecular formula is C15H28N2O4. The third kappa shape index (κ3) is 10.8. The standard InChI is InChI=1S/C15H28N2O4/c1-11(16-13(19)21-15(5,6)7)17(8)9-12(18)20-10-14(2,3)4/h9-10H2,1-8H3/i8D3. The zero-order valence-corrected chi connectivity index (χ0v) is 13.9. The molecule has 0 aromatic rings. The van der Waals surface area contributed by atoms with Crippen LogP contribution in [0.3, 0.4) is 0 Å². The zero-order chi connectivity index (χ0) is 19.3. The lowest BCUT2D eigenvalue weighted by Crippen LogP contribution is -2.33. The van der Waals surface area contributed by atoms with Gasteiger partial charge < -0.3 is 14.4 Å². The molecule has 0 atom stereocenters. The van der Waals surface area contributed by atoms with Gasteiger partial charge in [0.1, 0.15) is 18.0 Å². The number of nitrogens with zero attached hydrogens (tertiary/aromatic N) is 2. The Bertz CT molecular complexity index is 488. The minimum Gasteiger partial charge on any atom is -0.464 e. The Morgan fingerprint density at radius 3 is 2.19 bits per heavy atom. The molecule has 6 nitrogen and oxygen atoms in total. The summed E-state index contributed by atoms with van der Waals surface area (Å²) in [6.45, 7) is 8.96. The first kappa shape index (κ1) is 14.4. The third-order valence-corrected chi connectivity index (χ3v) is 1.99. The summed E-state index contributed by atoms with van der Waals surface area (Å²) in [6, 6.07) is 0. The zero-order valence-electron chi connectivity index (χ0n) is 16.9.